The highest BCUT2D eigenvalue weighted by molar-refractivity contribution is 9.10. The molecular formula is C16H15BrN4. The normalized spacial score (nSPS) is 10.8. The van der Waals surface area contributed by atoms with Crippen LogP contribution in [0.15, 0.2) is 41.0 Å². The summed E-state index contributed by atoms with van der Waals surface area (Å²) in [4.78, 5) is 13.6. The lowest BCUT2D eigenvalue weighted by atomic mass is 10.1. The predicted molar refractivity (Wildman–Crippen MR) is 89.4 cm³/mol. The molecule has 0 spiro atoms. The molecule has 0 aliphatic carbocycles. The van der Waals surface area contributed by atoms with E-state index in [0.29, 0.717) is 5.82 Å². The second kappa shape index (κ2) is 5.77. The van der Waals surface area contributed by atoms with Crippen LogP contribution in [0.4, 0.5) is 5.82 Å². The van der Waals surface area contributed by atoms with Gasteiger partial charge in [-0.25, -0.2) is 9.97 Å². The maximum atomic E-state index is 4.63. The van der Waals surface area contributed by atoms with Gasteiger partial charge >= 0.3 is 0 Å². The molecule has 0 radical (unpaired) electrons. The number of hydrogen-bond donors (Lipinski definition) is 1. The Balaban J connectivity index is 2.22. The summed E-state index contributed by atoms with van der Waals surface area (Å²) in [5.41, 5.74) is 2.92. The number of aryl methyl sites for hydroxylation is 1. The van der Waals surface area contributed by atoms with Gasteiger partial charge < -0.3 is 5.32 Å². The van der Waals surface area contributed by atoms with Crippen molar-refractivity contribution in [3.05, 3.63) is 46.7 Å². The van der Waals surface area contributed by atoms with Crippen LogP contribution in [-0.2, 0) is 0 Å². The third-order valence-corrected chi connectivity index (χ3v) is 3.75. The average molecular weight is 343 g/mol. The van der Waals surface area contributed by atoms with Crippen molar-refractivity contribution in [2.24, 2.45) is 0 Å². The lowest BCUT2D eigenvalue weighted by Gasteiger charge is -2.10. The van der Waals surface area contributed by atoms with Crippen LogP contribution in [0.5, 0.6) is 0 Å². The van der Waals surface area contributed by atoms with E-state index in [4.69, 9.17) is 0 Å². The number of rotatable bonds is 3. The van der Waals surface area contributed by atoms with Gasteiger partial charge in [0.25, 0.3) is 0 Å². The highest BCUT2D eigenvalue weighted by atomic mass is 79.9. The third kappa shape index (κ3) is 2.74. The van der Waals surface area contributed by atoms with Crippen molar-refractivity contribution in [2.75, 3.05) is 11.9 Å². The number of fused-ring (bicyclic) bond motifs is 1. The van der Waals surface area contributed by atoms with Crippen LogP contribution in [0.25, 0.3) is 22.3 Å². The van der Waals surface area contributed by atoms with E-state index in [9.17, 15) is 0 Å². The highest BCUT2D eigenvalue weighted by Gasteiger charge is 2.11. The standard InChI is InChI=1S/C16H15BrN4/c1-3-18-16-13(17)9-19-15(21-16)12-8-10(2)20-14-7-5-4-6-11(12)14/h4-9H,3H2,1-2H3,(H,18,19,21). The molecule has 0 aliphatic heterocycles. The number of nitrogens with zero attached hydrogens (tertiary/aromatic N) is 3. The van der Waals surface area contributed by atoms with E-state index >= 15 is 0 Å². The Bertz CT molecular complexity index is 801. The minimum atomic E-state index is 0.704. The molecule has 3 aromatic rings. The van der Waals surface area contributed by atoms with Crippen LogP contribution in [-0.4, -0.2) is 21.5 Å². The third-order valence-electron chi connectivity index (χ3n) is 3.17. The predicted octanol–water partition coefficient (Wildman–Crippen LogP) is 4.19. The van der Waals surface area contributed by atoms with Gasteiger partial charge in [0.2, 0.25) is 0 Å². The maximum absolute atomic E-state index is 4.63. The Morgan fingerprint density at radius 3 is 2.81 bits per heavy atom. The molecule has 0 unspecified atom stereocenters. The largest absolute Gasteiger partial charge is 0.369 e. The minimum absolute atomic E-state index is 0.704. The summed E-state index contributed by atoms with van der Waals surface area (Å²) in [6.07, 6.45) is 1.78. The van der Waals surface area contributed by atoms with Crippen LogP contribution < -0.4 is 5.32 Å². The molecule has 2 heterocycles. The SMILES string of the molecule is CCNc1nc(-c2cc(C)nc3ccccc23)ncc1Br. The van der Waals surface area contributed by atoms with Crippen molar-refractivity contribution in [1.82, 2.24) is 15.0 Å². The van der Waals surface area contributed by atoms with Crippen molar-refractivity contribution in [1.29, 1.82) is 0 Å². The Morgan fingerprint density at radius 1 is 1.19 bits per heavy atom. The number of hydrogen-bond acceptors (Lipinski definition) is 4. The van der Waals surface area contributed by atoms with Gasteiger partial charge in [0.1, 0.15) is 5.82 Å². The Kier molecular flexibility index (Phi) is 3.84. The van der Waals surface area contributed by atoms with E-state index in [2.05, 4.69) is 42.3 Å². The topological polar surface area (TPSA) is 50.7 Å². The fourth-order valence-electron chi connectivity index (χ4n) is 2.28. The summed E-state index contributed by atoms with van der Waals surface area (Å²) < 4.78 is 0.864. The molecule has 106 valence electrons. The van der Waals surface area contributed by atoms with E-state index in [1.807, 2.05) is 38.1 Å². The zero-order chi connectivity index (χ0) is 14.8. The lowest BCUT2D eigenvalue weighted by Crippen LogP contribution is -2.02. The van der Waals surface area contributed by atoms with E-state index in [-0.39, 0.29) is 0 Å². The average Bonchev–Trinajstić information content (AvgIpc) is 2.49. The van der Waals surface area contributed by atoms with Crippen molar-refractivity contribution in [3.63, 3.8) is 0 Å². The smallest absolute Gasteiger partial charge is 0.162 e. The number of halogens is 1. The molecule has 4 nitrogen and oxygen atoms in total. The Morgan fingerprint density at radius 2 is 2.00 bits per heavy atom. The van der Waals surface area contributed by atoms with E-state index < -0.39 is 0 Å². The molecular weight excluding hydrogens is 328 g/mol. The molecule has 0 amide bonds. The molecule has 0 saturated carbocycles. The molecule has 0 bridgehead atoms. The van der Waals surface area contributed by atoms with Crippen molar-refractivity contribution in [2.45, 2.75) is 13.8 Å². The van der Waals surface area contributed by atoms with Gasteiger partial charge in [-0.05, 0) is 41.9 Å². The zero-order valence-corrected chi connectivity index (χ0v) is 13.5. The quantitative estimate of drug-likeness (QED) is 0.775. The number of aromatic nitrogens is 3. The number of para-hydroxylation sites is 1. The summed E-state index contributed by atoms with van der Waals surface area (Å²) in [6.45, 7) is 4.84. The summed E-state index contributed by atoms with van der Waals surface area (Å²) in [5.74, 6) is 1.51. The molecule has 0 atom stereocenters. The van der Waals surface area contributed by atoms with Gasteiger partial charge in [0.05, 0.1) is 9.99 Å². The number of anilines is 1. The number of pyridine rings is 1. The second-order valence-corrected chi connectivity index (χ2v) is 5.60. The molecule has 0 saturated heterocycles. The lowest BCUT2D eigenvalue weighted by molar-refractivity contribution is 1.10. The van der Waals surface area contributed by atoms with Gasteiger partial charge in [-0.2, -0.15) is 0 Å². The van der Waals surface area contributed by atoms with Crippen molar-refractivity contribution >= 4 is 32.7 Å². The highest BCUT2D eigenvalue weighted by Crippen LogP contribution is 2.28. The molecule has 21 heavy (non-hydrogen) atoms. The van der Waals surface area contributed by atoms with E-state index in [1.54, 1.807) is 6.20 Å². The second-order valence-electron chi connectivity index (χ2n) is 4.75. The van der Waals surface area contributed by atoms with Crippen LogP contribution >= 0.6 is 15.9 Å². The Hall–Kier alpha value is -2.01. The molecule has 3 rings (SSSR count). The van der Waals surface area contributed by atoms with Crippen LogP contribution in [0, 0.1) is 6.92 Å². The number of benzene rings is 1. The summed E-state index contributed by atoms with van der Waals surface area (Å²) in [6, 6.07) is 10.1. The van der Waals surface area contributed by atoms with Gasteiger partial charge in [0.15, 0.2) is 5.82 Å². The maximum Gasteiger partial charge on any atom is 0.162 e. The van der Waals surface area contributed by atoms with Gasteiger partial charge in [-0.3, -0.25) is 4.98 Å². The zero-order valence-electron chi connectivity index (χ0n) is 11.9. The summed E-state index contributed by atoms with van der Waals surface area (Å²) in [5, 5.41) is 4.30. The van der Waals surface area contributed by atoms with Crippen molar-refractivity contribution < 1.29 is 0 Å². The van der Waals surface area contributed by atoms with Gasteiger partial charge in [-0.1, -0.05) is 18.2 Å². The molecule has 5 heteroatoms. The van der Waals surface area contributed by atoms with Crippen LogP contribution in [0.3, 0.4) is 0 Å². The first-order valence-electron chi connectivity index (χ1n) is 6.82. The van der Waals surface area contributed by atoms with Gasteiger partial charge in [0, 0.05) is 29.4 Å². The van der Waals surface area contributed by atoms with E-state index in [0.717, 1.165) is 39.0 Å². The monoisotopic (exact) mass is 342 g/mol. The summed E-state index contributed by atoms with van der Waals surface area (Å²) in [7, 11) is 0. The molecule has 0 aliphatic rings. The first-order valence-corrected chi connectivity index (χ1v) is 7.61. The molecule has 1 aromatic carbocycles. The first kappa shape index (κ1) is 13.9. The minimum Gasteiger partial charge on any atom is -0.369 e. The van der Waals surface area contributed by atoms with Crippen molar-refractivity contribution in [3.8, 4) is 11.4 Å². The number of nitrogens with one attached hydrogen (secondary N) is 1. The summed E-state index contributed by atoms with van der Waals surface area (Å²) >= 11 is 3.47. The van der Waals surface area contributed by atoms with Gasteiger partial charge in [-0.15, -0.1) is 0 Å². The van der Waals surface area contributed by atoms with E-state index in [1.165, 1.54) is 0 Å². The van der Waals surface area contributed by atoms with Crippen LogP contribution in [0.2, 0.25) is 0 Å². The fraction of sp³-hybridized carbons (Fsp3) is 0.188. The Labute approximate surface area is 131 Å². The fourth-order valence-corrected chi connectivity index (χ4v) is 2.61. The molecule has 0 fully saturated rings. The van der Waals surface area contributed by atoms with Crippen LogP contribution in [0.1, 0.15) is 12.6 Å². The molecule has 2 aromatic heterocycles. The first-order chi connectivity index (χ1) is 10.2. The molecule has 1 N–H and O–H groups in total.